The van der Waals surface area contributed by atoms with Crippen molar-refractivity contribution >= 4 is 33.3 Å². The molecule has 1 aromatic heterocycles. The van der Waals surface area contributed by atoms with Gasteiger partial charge >= 0.3 is 5.97 Å². The number of amides is 2. The highest BCUT2D eigenvalue weighted by atomic mass is 32.2. The Balaban J connectivity index is 1.58. The molecule has 0 radical (unpaired) electrons. The van der Waals surface area contributed by atoms with Crippen LogP contribution in [-0.2, 0) is 25.1 Å². The highest BCUT2D eigenvalue weighted by Crippen LogP contribution is 2.20. The summed E-state index contributed by atoms with van der Waals surface area (Å²) in [6, 6.07) is 15.4. The van der Waals surface area contributed by atoms with E-state index in [9.17, 15) is 22.8 Å². The summed E-state index contributed by atoms with van der Waals surface area (Å²) in [5.41, 5.74) is 1.00. The van der Waals surface area contributed by atoms with E-state index in [-0.39, 0.29) is 22.1 Å². The Morgan fingerprint density at radius 2 is 1.64 bits per heavy atom. The normalized spacial score (nSPS) is 11.0. The van der Waals surface area contributed by atoms with E-state index in [1.54, 1.807) is 56.6 Å². The average Bonchev–Trinajstić information content (AvgIpc) is 3.25. The summed E-state index contributed by atoms with van der Waals surface area (Å²) >= 11 is 0. The minimum absolute atomic E-state index is 0.114. The highest BCUT2D eigenvalue weighted by molar-refractivity contribution is 7.90. The fourth-order valence-corrected chi connectivity index (χ4v) is 4.27. The lowest BCUT2D eigenvalue weighted by Crippen LogP contribution is -2.22. The van der Waals surface area contributed by atoms with Crippen molar-refractivity contribution in [3.8, 4) is 0 Å². The number of hydrogen-bond acceptors (Lipinski definition) is 7. The van der Waals surface area contributed by atoms with Crippen LogP contribution in [0, 0.1) is 0 Å². The van der Waals surface area contributed by atoms with Gasteiger partial charge in [0, 0.05) is 30.9 Å². The van der Waals surface area contributed by atoms with E-state index < -0.39 is 34.1 Å². The van der Waals surface area contributed by atoms with E-state index in [0.717, 1.165) is 0 Å². The van der Waals surface area contributed by atoms with E-state index in [1.165, 1.54) is 29.4 Å². The first-order chi connectivity index (χ1) is 15.7. The molecule has 0 unspecified atom stereocenters. The first-order valence-electron chi connectivity index (χ1n) is 9.80. The zero-order valence-electron chi connectivity index (χ0n) is 18.0. The van der Waals surface area contributed by atoms with Crippen molar-refractivity contribution in [1.82, 2.24) is 4.90 Å². The number of carbonyl (C=O) groups is 3. The van der Waals surface area contributed by atoms with Gasteiger partial charge in [-0.05, 0) is 42.5 Å². The number of nitrogens with one attached hydrogen (secondary N) is 1. The monoisotopic (exact) mass is 470 g/mol. The van der Waals surface area contributed by atoms with Crippen LogP contribution in [0.1, 0.15) is 26.5 Å². The number of rotatable bonds is 8. The Morgan fingerprint density at radius 1 is 0.970 bits per heavy atom. The molecule has 10 heteroatoms. The third-order valence-electron chi connectivity index (χ3n) is 4.54. The number of benzene rings is 2. The lowest BCUT2D eigenvalue weighted by Gasteiger charge is -2.11. The molecule has 0 fully saturated rings. The Kier molecular flexibility index (Phi) is 7.29. The first kappa shape index (κ1) is 23.7. The summed E-state index contributed by atoms with van der Waals surface area (Å²) in [6.45, 7) is -0.608. The van der Waals surface area contributed by atoms with E-state index >= 15 is 0 Å². The van der Waals surface area contributed by atoms with Gasteiger partial charge in [-0.2, -0.15) is 0 Å². The minimum Gasteiger partial charge on any atom is -0.457 e. The second-order valence-electron chi connectivity index (χ2n) is 7.25. The quantitative estimate of drug-likeness (QED) is 0.502. The maximum Gasteiger partial charge on any atom is 0.375 e. The smallest absolute Gasteiger partial charge is 0.375 e. The molecule has 0 bridgehead atoms. The first-order valence-corrected chi connectivity index (χ1v) is 11.5. The van der Waals surface area contributed by atoms with E-state index in [0.29, 0.717) is 11.3 Å². The van der Waals surface area contributed by atoms with Gasteiger partial charge in [-0.25, -0.2) is 13.2 Å². The molecule has 0 spiro atoms. The average molecular weight is 471 g/mol. The summed E-state index contributed by atoms with van der Waals surface area (Å²) in [5, 5.41) is 2.54. The lowest BCUT2D eigenvalue weighted by atomic mass is 10.2. The Labute approximate surface area is 190 Å². The van der Waals surface area contributed by atoms with Gasteiger partial charge in [-0.1, -0.05) is 18.2 Å². The molecule has 172 valence electrons. The summed E-state index contributed by atoms with van der Waals surface area (Å²) < 4.78 is 35.2. The number of furan rings is 1. The molecule has 33 heavy (non-hydrogen) atoms. The Bertz CT molecular complexity index is 1250. The van der Waals surface area contributed by atoms with Crippen molar-refractivity contribution in [3.05, 3.63) is 83.8 Å². The summed E-state index contributed by atoms with van der Waals surface area (Å²) in [5.74, 6) is -2.48. The number of sulfone groups is 1. The van der Waals surface area contributed by atoms with Crippen LogP contribution < -0.4 is 5.32 Å². The Morgan fingerprint density at radius 3 is 2.27 bits per heavy atom. The molecule has 3 aromatic rings. The van der Waals surface area contributed by atoms with Crippen molar-refractivity contribution in [2.45, 2.75) is 10.6 Å². The molecule has 0 aliphatic heterocycles. The van der Waals surface area contributed by atoms with Crippen LogP contribution in [0.15, 0.2) is 76.2 Å². The molecule has 2 aromatic carbocycles. The van der Waals surface area contributed by atoms with Crippen molar-refractivity contribution < 1.29 is 32.0 Å². The predicted molar refractivity (Wildman–Crippen MR) is 119 cm³/mol. The van der Waals surface area contributed by atoms with Gasteiger partial charge < -0.3 is 19.4 Å². The summed E-state index contributed by atoms with van der Waals surface area (Å²) in [4.78, 5) is 37.9. The molecule has 9 nitrogen and oxygen atoms in total. The number of hydrogen-bond donors (Lipinski definition) is 1. The molecule has 3 rings (SSSR count). The van der Waals surface area contributed by atoms with Crippen LogP contribution >= 0.6 is 0 Å². The van der Waals surface area contributed by atoms with Gasteiger partial charge in [0.1, 0.15) is 0 Å². The maximum atomic E-state index is 12.6. The van der Waals surface area contributed by atoms with Crippen molar-refractivity contribution in [2.75, 3.05) is 26.0 Å². The zero-order valence-corrected chi connectivity index (χ0v) is 18.8. The van der Waals surface area contributed by atoms with Crippen LogP contribution in [0.25, 0.3) is 0 Å². The molecule has 2 amide bonds. The standard InChI is InChI=1S/C23H22N2O7S/c1-25(2)22(27)16-8-10-18(11-9-16)24-20(26)14-32-23(28)21-17(12-13-31-21)15-33(29,30)19-6-4-3-5-7-19/h3-13H,14-15H2,1-2H3,(H,24,26). The van der Waals surface area contributed by atoms with E-state index in [2.05, 4.69) is 5.32 Å². The number of esters is 1. The minimum atomic E-state index is -3.70. The fraction of sp³-hybridized carbons (Fsp3) is 0.174. The molecule has 1 N–H and O–H groups in total. The fourth-order valence-electron chi connectivity index (χ4n) is 2.89. The van der Waals surface area contributed by atoms with Crippen LogP contribution in [0.5, 0.6) is 0 Å². The van der Waals surface area contributed by atoms with Gasteiger partial charge in [0.05, 0.1) is 16.9 Å². The van der Waals surface area contributed by atoms with Crippen molar-refractivity contribution in [1.29, 1.82) is 0 Å². The number of anilines is 1. The van der Waals surface area contributed by atoms with Gasteiger partial charge in [0.25, 0.3) is 11.8 Å². The number of ether oxygens (including phenoxy) is 1. The number of nitrogens with zero attached hydrogens (tertiary/aromatic N) is 1. The molecular weight excluding hydrogens is 448 g/mol. The van der Waals surface area contributed by atoms with Gasteiger partial charge in [0.15, 0.2) is 16.4 Å². The van der Waals surface area contributed by atoms with E-state index in [1.807, 2.05) is 0 Å². The van der Waals surface area contributed by atoms with Crippen molar-refractivity contribution in [3.63, 3.8) is 0 Å². The van der Waals surface area contributed by atoms with Gasteiger partial charge in [0.2, 0.25) is 5.76 Å². The molecule has 0 atom stereocenters. The topological polar surface area (TPSA) is 123 Å². The van der Waals surface area contributed by atoms with Crippen LogP contribution in [0.3, 0.4) is 0 Å². The zero-order chi connectivity index (χ0) is 24.0. The highest BCUT2D eigenvalue weighted by Gasteiger charge is 2.24. The molecule has 0 saturated heterocycles. The third-order valence-corrected chi connectivity index (χ3v) is 6.22. The van der Waals surface area contributed by atoms with Crippen LogP contribution in [0.2, 0.25) is 0 Å². The molecule has 1 heterocycles. The maximum absolute atomic E-state index is 12.6. The predicted octanol–water partition coefficient (Wildman–Crippen LogP) is 2.75. The van der Waals surface area contributed by atoms with Crippen molar-refractivity contribution in [2.24, 2.45) is 0 Å². The molecule has 0 saturated carbocycles. The second-order valence-corrected chi connectivity index (χ2v) is 9.24. The van der Waals surface area contributed by atoms with E-state index in [4.69, 9.17) is 9.15 Å². The number of carbonyl (C=O) groups excluding carboxylic acids is 3. The molecule has 0 aliphatic rings. The van der Waals surface area contributed by atoms with Crippen LogP contribution in [-0.4, -0.2) is 51.8 Å². The SMILES string of the molecule is CN(C)C(=O)c1ccc(NC(=O)COC(=O)c2occc2CS(=O)(=O)c2ccccc2)cc1. The largest absolute Gasteiger partial charge is 0.457 e. The second kappa shape index (κ2) is 10.1. The summed E-state index contributed by atoms with van der Waals surface area (Å²) in [7, 11) is -0.435. The molecular formula is C23H22N2O7S. The third kappa shape index (κ3) is 6.07. The van der Waals surface area contributed by atoms with Gasteiger partial charge in [-0.3, -0.25) is 9.59 Å². The van der Waals surface area contributed by atoms with Crippen LogP contribution in [0.4, 0.5) is 5.69 Å². The van der Waals surface area contributed by atoms with Gasteiger partial charge in [-0.15, -0.1) is 0 Å². The molecule has 0 aliphatic carbocycles. The summed E-state index contributed by atoms with van der Waals surface area (Å²) in [6.07, 6.45) is 1.18. The lowest BCUT2D eigenvalue weighted by molar-refractivity contribution is -0.119. The Hall–Kier alpha value is -3.92.